The van der Waals surface area contributed by atoms with Gasteiger partial charge in [0.25, 0.3) is 5.91 Å². The molecule has 1 saturated heterocycles. The highest BCUT2D eigenvalue weighted by molar-refractivity contribution is 7.09. The number of carbonyl (C=O) groups excluding carboxylic acids is 2. The van der Waals surface area contributed by atoms with Crippen LogP contribution in [0, 0.1) is 5.82 Å². The summed E-state index contributed by atoms with van der Waals surface area (Å²) in [7, 11) is 0. The summed E-state index contributed by atoms with van der Waals surface area (Å²) in [6, 6.07) is 14.7. The second kappa shape index (κ2) is 12.0. The zero-order valence-corrected chi connectivity index (χ0v) is 21.3. The first-order valence-electron chi connectivity index (χ1n) is 11.3. The number of hydrogen-bond donors (Lipinski definition) is 0. The third kappa shape index (κ3) is 7.04. The molecule has 2 aromatic carbocycles. The maximum absolute atomic E-state index is 13.6. The summed E-state index contributed by atoms with van der Waals surface area (Å²) in [6.45, 7) is 1.51. The summed E-state index contributed by atoms with van der Waals surface area (Å²) < 4.78 is 19.2. The molecule has 35 heavy (non-hydrogen) atoms. The van der Waals surface area contributed by atoms with Gasteiger partial charge in [0.1, 0.15) is 12.4 Å². The summed E-state index contributed by atoms with van der Waals surface area (Å²) >= 11 is 13.7. The van der Waals surface area contributed by atoms with Crippen molar-refractivity contribution >= 4 is 46.4 Å². The minimum Gasteiger partial charge on any atom is -0.376 e. The van der Waals surface area contributed by atoms with E-state index >= 15 is 0 Å². The van der Waals surface area contributed by atoms with Crippen molar-refractivity contribution in [3.8, 4) is 0 Å². The summed E-state index contributed by atoms with van der Waals surface area (Å²) in [5.41, 5.74) is 1.16. The van der Waals surface area contributed by atoms with Crippen LogP contribution in [0.5, 0.6) is 0 Å². The summed E-state index contributed by atoms with van der Waals surface area (Å²) in [5.74, 6) is -0.862. The van der Waals surface area contributed by atoms with Crippen LogP contribution in [-0.4, -0.2) is 47.4 Å². The molecule has 0 radical (unpaired) electrons. The number of benzene rings is 2. The smallest absolute Gasteiger partial charge is 0.254 e. The third-order valence-corrected chi connectivity index (χ3v) is 7.39. The van der Waals surface area contributed by atoms with Gasteiger partial charge in [0.05, 0.1) is 22.7 Å². The first-order chi connectivity index (χ1) is 16.9. The van der Waals surface area contributed by atoms with Crippen molar-refractivity contribution < 1.29 is 18.7 Å². The van der Waals surface area contributed by atoms with Crippen LogP contribution in [0.1, 0.15) is 33.6 Å². The van der Waals surface area contributed by atoms with E-state index < -0.39 is 0 Å². The van der Waals surface area contributed by atoms with Gasteiger partial charge in [0.2, 0.25) is 5.91 Å². The van der Waals surface area contributed by atoms with Gasteiger partial charge in [-0.05, 0) is 60.2 Å². The molecule has 0 saturated carbocycles. The fourth-order valence-corrected chi connectivity index (χ4v) is 4.98. The average Bonchev–Trinajstić information content (AvgIpc) is 3.55. The molecule has 1 aromatic heterocycles. The molecular formula is C26H25Cl2FN2O3S. The molecule has 0 aliphatic carbocycles. The maximum atomic E-state index is 13.6. The second-order valence-corrected chi connectivity index (χ2v) is 10.3. The van der Waals surface area contributed by atoms with E-state index in [9.17, 15) is 14.0 Å². The van der Waals surface area contributed by atoms with Gasteiger partial charge in [-0.25, -0.2) is 4.39 Å². The van der Waals surface area contributed by atoms with E-state index in [1.165, 1.54) is 23.1 Å². The zero-order valence-electron chi connectivity index (χ0n) is 19.0. The number of amides is 2. The van der Waals surface area contributed by atoms with Crippen molar-refractivity contribution in [3.63, 3.8) is 0 Å². The van der Waals surface area contributed by atoms with Crippen molar-refractivity contribution in [3.05, 3.63) is 91.8 Å². The molecule has 1 fully saturated rings. The van der Waals surface area contributed by atoms with Gasteiger partial charge < -0.3 is 14.5 Å². The lowest BCUT2D eigenvalue weighted by Crippen LogP contribution is -2.45. The Bertz CT molecular complexity index is 1150. The first-order valence-corrected chi connectivity index (χ1v) is 12.9. The standard InChI is InChI=1S/C26H25Cl2FN2O3S/c27-23-10-7-19(13-24(23)28)26(33)31(15-21-3-1-11-34-21)17-25(32)30(16-22-4-2-12-35-22)14-18-5-8-20(29)9-6-18/h2,4-10,12-13,21H,1,3,11,14-17H2/t21-/m1/s1. The molecule has 0 spiro atoms. The van der Waals surface area contributed by atoms with Crippen LogP contribution < -0.4 is 0 Å². The van der Waals surface area contributed by atoms with E-state index in [2.05, 4.69) is 0 Å². The highest BCUT2D eigenvalue weighted by Crippen LogP contribution is 2.24. The summed E-state index contributed by atoms with van der Waals surface area (Å²) in [4.78, 5) is 31.2. The molecule has 0 bridgehead atoms. The highest BCUT2D eigenvalue weighted by atomic mass is 35.5. The Morgan fingerprint density at radius 1 is 1.03 bits per heavy atom. The summed E-state index contributed by atoms with van der Waals surface area (Å²) in [5, 5.41) is 2.58. The Morgan fingerprint density at radius 3 is 2.49 bits per heavy atom. The predicted molar refractivity (Wildman–Crippen MR) is 136 cm³/mol. The minimum atomic E-state index is -0.333. The van der Waals surface area contributed by atoms with Crippen LogP contribution in [0.4, 0.5) is 4.39 Å². The molecule has 5 nitrogen and oxygen atoms in total. The third-order valence-electron chi connectivity index (χ3n) is 5.79. The number of halogens is 3. The Kier molecular flexibility index (Phi) is 8.78. The van der Waals surface area contributed by atoms with E-state index in [0.717, 1.165) is 23.3 Å². The van der Waals surface area contributed by atoms with Crippen molar-refractivity contribution in [2.24, 2.45) is 0 Å². The van der Waals surface area contributed by atoms with Crippen LogP contribution in [0.3, 0.4) is 0 Å². The SMILES string of the molecule is O=C(CN(C[C@H]1CCCO1)C(=O)c1ccc(Cl)c(Cl)c1)N(Cc1ccc(F)cc1)Cc1cccs1. The molecular weight excluding hydrogens is 510 g/mol. The molecule has 4 rings (SSSR count). The fourth-order valence-electron chi connectivity index (χ4n) is 3.96. The zero-order chi connectivity index (χ0) is 24.8. The quantitative estimate of drug-likeness (QED) is 0.336. The average molecular weight is 535 g/mol. The number of nitrogens with zero attached hydrogens (tertiary/aromatic N) is 2. The minimum absolute atomic E-state index is 0.120. The lowest BCUT2D eigenvalue weighted by Gasteiger charge is -2.29. The fraction of sp³-hybridized carbons (Fsp3) is 0.308. The molecule has 0 N–H and O–H groups in total. The molecule has 9 heteroatoms. The monoisotopic (exact) mass is 534 g/mol. The lowest BCUT2D eigenvalue weighted by atomic mass is 10.1. The van der Waals surface area contributed by atoms with Crippen molar-refractivity contribution in [1.29, 1.82) is 0 Å². The highest BCUT2D eigenvalue weighted by Gasteiger charge is 2.27. The molecule has 3 aromatic rings. The van der Waals surface area contributed by atoms with Crippen molar-refractivity contribution in [2.45, 2.75) is 32.0 Å². The van der Waals surface area contributed by atoms with Crippen molar-refractivity contribution in [1.82, 2.24) is 9.80 Å². The van der Waals surface area contributed by atoms with Gasteiger partial charge in [0.15, 0.2) is 0 Å². The molecule has 2 amide bonds. The van der Waals surface area contributed by atoms with E-state index in [-0.39, 0.29) is 35.3 Å². The van der Waals surface area contributed by atoms with Gasteiger partial charge in [0, 0.05) is 30.1 Å². The van der Waals surface area contributed by atoms with Crippen LogP contribution in [0.25, 0.3) is 0 Å². The van der Waals surface area contributed by atoms with Gasteiger partial charge in [-0.2, -0.15) is 0 Å². The van der Waals surface area contributed by atoms with E-state index in [1.54, 1.807) is 40.5 Å². The van der Waals surface area contributed by atoms with Crippen LogP contribution in [-0.2, 0) is 22.6 Å². The van der Waals surface area contributed by atoms with Gasteiger partial charge in [-0.1, -0.05) is 41.4 Å². The Labute approximate surface area is 218 Å². The normalized spacial score (nSPS) is 15.2. The largest absolute Gasteiger partial charge is 0.376 e. The van der Waals surface area contributed by atoms with Gasteiger partial charge in [-0.15, -0.1) is 11.3 Å². The lowest BCUT2D eigenvalue weighted by molar-refractivity contribution is -0.133. The molecule has 184 valence electrons. The van der Waals surface area contributed by atoms with E-state index in [0.29, 0.717) is 36.8 Å². The molecule has 1 atom stereocenters. The molecule has 0 unspecified atom stereocenters. The summed E-state index contributed by atoms with van der Waals surface area (Å²) in [6.07, 6.45) is 1.62. The maximum Gasteiger partial charge on any atom is 0.254 e. The van der Waals surface area contributed by atoms with E-state index in [1.807, 2.05) is 17.5 Å². The second-order valence-electron chi connectivity index (χ2n) is 8.41. The van der Waals surface area contributed by atoms with Crippen LogP contribution >= 0.6 is 34.5 Å². The Balaban J connectivity index is 1.56. The first kappa shape index (κ1) is 25.6. The predicted octanol–water partition coefficient (Wildman–Crippen LogP) is 6.04. The number of hydrogen-bond acceptors (Lipinski definition) is 4. The number of rotatable bonds is 9. The van der Waals surface area contributed by atoms with Gasteiger partial charge in [-0.3, -0.25) is 9.59 Å². The molecule has 2 heterocycles. The van der Waals surface area contributed by atoms with Crippen LogP contribution in [0.15, 0.2) is 60.0 Å². The van der Waals surface area contributed by atoms with E-state index in [4.69, 9.17) is 27.9 Å². The number of thiophene rings is 1. The molecule has 1 aliphatic rings. The van der Waals surface area contributed by atoms with Crippen molar-refractivity contribution in [2.75, 3.05) is 19.7 Å². The number of ether oxygens (including phenoxy) is 1. The molecule has 1 aliphatic heterocycles. The van der Waals surface area contributed by atoms with Crippen LogP contribution in [0.2, 0.25) is 10.0 Å². The van der Waals surface area contributed by atoms with Gasteiger partial charge >= 0.3 is 0 Å². The Hall–Kier alpha value is -2.45. The number of carbonyl (C=O) groups is 2. The Morgan fingerprint density at radius 2 is 1.83 bits per heavy atom. The topological polar surface area (TPSA) is 49.9 Å².